The Morgan fingerprint density at radius 1 is 1.21 bits per heavy atom. The summed E-state index contributed by atoms with van der Waals surface area (Å²) in [6.45, 7) is -0.553. The lowest BCUT2D eigenvalue weighted by atomic mass is 10.3. The van der Waals surface area contributed by atoms with Crippen LogP contribution in [0.5, 0.6) is 0 Å². The Kier molecular flexibility index (Phi) is 3.66. The highest BCUT2D eigenvalue weighted by Crippen LogP contribution is 2.26. The van der Waals surface area contributed by atoms with E-state index in [0.717, 1.165) is 10.6 Å². The Morgan fingerprint density at radius 3 is 2.47 bits per heavy atom. The maximum Gasteiger partial charge on any atom is 0.390 e. The molecule has 0 fully saturated rings. The lowest BCUT2D eigenvalue weighted by Gasteiger charge is -2.10. The van der Waals surface area contributed by atoms with Gasteiger partial charge in [-0.1, -0.05) is 0 Å². The number of alkyl halides is 4. The van der Waals surface area contributed by atoms with Crippen molar-refractivity contribution < 1.29 is 22.0 Å². The van der Waals surface area contributed by atoms with Crippen LogP contribution in [0.1, 0.15) is 12.2 Å². The average Bonchev–Trinajstić information content (AvgIpc) is 2.69. The van der Waals surface area contributed by atoms with Crippen molar-refractivity contribution in [2.24, 2.45) is 0 Å². The summed E-state index contributed by atoms with van der Waals surface area (Å²) in [6, 6.07) is 2.07. The lowest BCUT2D eigenvalue weighted by molar-refractivity contribution is -0.136. The van der Waals surface area contributed by atoms with Crippen molar-refractivity contribution in [1.82, 2.24) is 9.55 Å². The quantitative estimate of drug-likeness (QED) is 0.618. The molecule has 2 rings (SSSR count). The van der Waals surface area contributed by atoms with E-state index < -0.39 is 30.8 Å². The van der Waals surface area contributed by atoms with Gasteiger partial charge in [-0.15, -0.1) is 11.6 Å². The predicted octanol–water partition coefficient (Wildman–Crippen LogP) is 4.01. The first-order valence-corrected chi connectivity index (χ1v) is 5.83. The third-order valence-corrected chi connectivity index (χ3v) is 2.86. The van der Waals surface area contributed by atoms with Crippen LogP contribution in [0, 0.1) is 11.6 Å². The molecule has 0 bridgehead atoms. The zero-order valence-corrected chi connectivity index (χ0v) is 10.2. The van der Waals surface area contributed by atoms with Crippen LogP contribution in [-0.4, -0.2) is 15.7 Å². The van der Waals surface area contributed by atoms with Gasteiger partial charge in [0.25, 0.3) is 0 Å². The Balaban J connectivity index is 2.53. The largest absolute Gasteiger partial charge is 0.390 e. The second-order valence-electron chi connectivity index (χ2n) is 3.91. The maximum absolute atomic E-state index is 13.7. The van der Waals surface area contributed by atoms with Crippen molar-refractivity contribution in [3.63, 3.8) is 0 Å². The highest BCUT2D eigenvalue weighted by molar-refractivity contribution is 6.16. The van der Waals surface area contributed by atoms with Crippen molar-refractivity contribution in [3.05, 3.63) is 29.6 Å². The molecule has 0 aliphatic heterocycles. The molecule has 1 heterocycles. The third-order valence-electron chi connectivity index (χ3n) is 2.62. The molecule has 19 heavy (non-hydrogen) atoms. The molecular formula is C11H8ClF5N2. The van der Waals surface area contributed by atoms with Crippen LogP contribution in [0.15, 0.2) is 12.1 Å². The van der Waals surface area contributed by atoms with Gasteiger partial charge in [0.2, 0.25) is 0 Å². The van der Waals surface area contributed by atoms with E-state index in [1.165, 1.54) is 6.07 Å². The smallest absolute Gasteiger partial charge is 0.324 e. The fraction of sp³-hybridized carbons (Fsp3) is 0.364. The van der Waals surface area contributed by atoms with E-state index in [1.54, 1.807) is 0 Å². The summed E-state index contributed by atoms with van der Waals surface area (Å²) in [6.07, 6.45) is -5.57. The van der Waals surface area contributed by atoms with Gasteiger partial charge in [0.1, 0.15) is 11.3 Å². The second kappa shape index (κ2) is 4.96. The van der Waals surface area contributed by atoms with Crippen LogP contribution < -0.4 is 0 Å². The van der Waals surface area contributed by atoms with Crippen molar-refractivity contribution in [1.29, 1.82) is 0 Å². The monoisotopic (exact) mass is 298 g/mol. The van der Waals surface area contributed by atoms with Gasteiger partial charge in [-0.25, -0.2) is 13.8 Å². The zero-order valence-electron chi connectivity index (χ0n) is 9.44. The van der Waals surface area contributed by atoms with Crippen molar-refractivity contribution in [2.45, 2.75) is 25.0 Å². The topological polar surface area (TPSA) is 17.8 Å². The highest BCUT2D eigenvalue weighted by Gasteiger charge is 2.28. The van der Waals surface area contributed by atoms with Crippen LogP contribution in [-0.2, 0) is 12.4 Å². The van der Waals surface area contributed by atoms with Gasteiger partial charge in [0.15, 0.2) is 11.6 Å². The Bertz CT molecular complexity index is 605. The first-order valence-electron chi connectivity index (χ1n) is 5.29. The summed E-state index contributed by atoms with van der Waals surface area (Å²) >= 11 is 5.56. The van der Waals surface area contributed by atoms with Gasteiger partial charge in [-0.05, 0) is 12.1 Å². The SMILES string of the molecule is Fc1ccc2nc(CCl)n(CCC(F)(F)F)c2c1F. The van der Waals surface area contributed by atoms with Crippen LogP contribution >= 0.6 is 11.6 Å². The first kappa shape index (κ1) is 14.0. The molecule has 2 aromatic rings. The van der Waals surface area contributed by atoms with Crippen LogP contribution in [0.2, 0.25) is 0 Å². The van der Waals surface area contributed by atoms with E-state index in [4.69, 9.17) is 11.6 Å². The molecule has 0 aliphatic carbocycles. The summed E-state index contributed by atoms with van der Waals surface area (Å²) in [5.41, 5.74) is -0.211. The van der Waals surface area contributed by atoms with Gasteiger partial charge in [0.05, 0.1) is 17.8 Å². The molecule has 1 aromatic heterocycles. The molecule has 104 valence electrons. The van der Waals surface area contributed by atoms with Crippen molar-refractivity contribution in [2.75, 3.05) is 0 Å². The van der Waals surface area contributed by atoms with Crippen LogP contribution in [0.25, 0.3) is 11.0 Å². The Hall–Kier alpha value is -1.37. The number of imidazole rings is 1. The molecule has 0 amide bonds. The van der Waals surface area contributed by atoms with Crippen molar-refractivity contribution in [3.8, 4) is 0 Å². The Labute approximate surface area is 109 Å². The molecule has 2 nitrogen and oxygen atoms in total. The normalized spacial score (nSPS) is 12.3. The highest BCUT2D eigenvalue weighted by atomic mass is 35.5. The number of rotatable bonds is 3. The average molecular weight is 299 g/mol. The number of halogens is 6. The van der Waals surface area contributed by atoms with E-state index in [2.05, 4.69) is 4.98 Å². The van der Waals surface area contributed by atoms with E-state index in [-0.39, 0.29) is 22.7 Å². The van der Waals surface area contributed by atoms with Crippen molar-refractivity contribution >= 4 is 22.6 Å². The van der Waals surface area contributed by atoms with Gasteiger partial charge in [-0.3, -0.25) is 0 Å². The van der Waals surface area contributed by atoms with E-state index in [0.29, 0.717) is 0 Å². The fourth-order valence-electron chi connectivity index (χ4n) is 1.79. The molecule has 0 aliphatic rings. The Morgan fingerprint density at radius 2 is 1.89 bits per heavy atom. The van der Waals surface area contributed by atoms with Gasteiger partial charge >= 0.3 is 6.18 Å². The molecule has 1 aromatic carbocycles. The summed E-state index contributed by atoms with van der Waals surface area (Å²) < 4.78 is 64.5. The standard InChI is InChI=1S/C11H8ClF5N2/c12-5-8-18-7-2-1-6(13)9(14)10(7)19(8)4-3-11(15,16)17/h1-2H,3-5H2. The molecule has 0 N–H and O–H groups in total. The molecular weight excluding hydrogens is 291 g/mol. The summed E-state index contributed by atoms with van der Waals surface area (Å²) in [7, 11) is 0. The summed E-state index contributed by atoms with van der Waals surface area (Å²) in [4.78, 5) is 3.89. The zero-order chi connectivity index (χ0) is 14.2. The molecule has 0 atom stereocenters. The van der Waals surface area contributed by atoms with E-state index >= 15 is 0 Å². The first-order chi connectivity index (χ1) is 8.83. The third kappa shape index (κ3) is 2.80. The molecule has 8 heteroatoms. The van der Waals surface area contributed by atoms with Gasteiger partial charge < -0.3 is 4.57 Å². The lowest BCUT2D eigenvalue weighted by Crippen LogP contribution is -2.14. The number of hydrogen-bond acceptors (Lipinski definition) is 1. The van der Waals surface area contributed by atoms with Gasteiger partial charge in [-0.2, -0.15) is 13.2 Å². The minimum absolute atomic E-state index is 0.0745. The molecule has 0 saturated heterocycles. The number of benzene rings is 1. The maximum atomic E-state index is 13.7. The van der Waals surface area contributed by atoms with E-state index in [1.807, 2.05) is 0 Å². The number of hydrogen-bond donors (Lipinski definition) is 0. The second-order valence-corrected chi connectivity index (χ2v) is 4.17. The van der Waals surface area contributed by atoms with Crippen LogP contribution in [0.4, 0.5) is 22.0 Å². The number of aryl methyl sites for hydroxylation is 1. The molecule has 0 radical (unpaired) electrons. The fourth-order valence-corrected chi connectivity index (χ4v) is 1.99. The van der Waals surface area contributed by atoms with Gasteiger partial charge in [0, 0.05) is 6.54 Å². The van der Waals surface area contributed by atoms with E-state index in [9.17, 15) is 22.0 Å². The van der Waals surface area contributed by atoms with Crippen LogP contribution in [0.3, 0.4) is 0 Å². The number of aromatic nitrogens is 2. The number of fused-ring (bicyclic) bond motifs is 1. The minimum atomic E-state index is -4.40. The molecule has 0 spiro atoms. The molecule has 0 saturated carbocycles. The minimum Gasteiger partial charge on any atom is -0.324 e. The summed E-state index contributed by atoms with van der Waals surface area (Å²) in [5.74, 6) is -2.47. The number of nitrogens with zero attached hydrogens (tertiary/aromatic N) is 2. The predicted molar refractivity (Wildman–Crippen MR) is 59.9 cm³/mol. The summed E-state index contributed by atoms with van der Waals surface area (Å²) in [5, 5.41) is 0. The molecule has 0 unspecified atom stereocenters.